The van der Waals surface area contributed by atoms with Crippen molar-refractivity contribution < 1.29 is 9.53 Å². The number of benzene rings is 1. The molecule has 4 fully saturated rings. The summed E-state index contributed by atoms with van der Waals surface area (Å²) in [5, 5.41) is 13.1. The highest BCUT2D eigenvalue weighted by molar-refractivity contribution is 7.18. The van der Waals surface area contributed by atoms with Gasteiger partial charge in [0.25, 0.3) is 0 Å². The number of carbonyl (C=O) groups is 1. The molecular weight excluding hydrogens is 370 g/mol. The van der Waals surface area contributed by atoms with Gasteiger partial charge >= 0.3 is 0 Å². The Hall–Kier alpha value is -1.95. The summed E-state index contributed by atoms with van der Waals surface area (Å²) < 4.78 is 5.63. The van der Waals surface area contributed by atoms with Gasteiger partial charge in [-0.2, -0.15) is 0 Å². The summed E-state index contributed by atoms with van der Waals surface area (Å²) >= 11 is 1.45. The lowest BCUT2D eigenvalue weighted by Gasteiger charge is -2.55. The van der Waals surface area contributed by atoms with E-state index in [2.05, 4.69) is 22.4 Å². The lowest BCUT2D eigenvalue weighted by Crippen LogP contribution is -2.51. The number of hydrogen-bond donors (Lipinski definition) is 1. The van der Waals surface area contributed by atoms with E-state index in [1.54, 1.807) is 0 Å². The quantitative estimate of drug-likeness (QED) is 0.732. The van der Waals surface area contributed by atoms with Crippen LogP contribution in [0.2, 0.25) is 0 Å². The van der Waals surface area contributed by atoms with E-state index in [0.717, 1.165) is 66.4 Å². The molecule has 148 valence electrons. The summed E-state index contributed by atoms with van der Waals surface area (Å²) in [7, 11) is 0. The van der Waals surface area contributed by atoms with Gasteiger partial charge in [-0.15, -0.1) is 10.2 Å². The van der Waals surface area contributed by atoms with Gasteiger partial charge in [0.2, 0.25) is 11.0 Å². The SMILES string of the molecule is CCCOc1ccc(-c2nnc(NC(=O)C34CC5CC(CC(C5)C3)C4)s2)cc1. The van der Waals surface area contributed by atoms with Crippen LogP contribution in [0.25, 0.3) is 10.6 Å². The normalized spacial score (nSPS) is 30.4. The summed E-state index contributed by atoms with van der Waals surface area (Å²) in [6.45, 7) is 2.81. The van der Waals surface area contributed by atoms with Crippen LogP contribution in [0.5, 0.6) is 5.75 Å². The lowest BCUT2D eigenvalue weighted by atomic mass is 9.49. The Morgan fingerprint density at radius 1 is 1.11 bits per heavy atom. The van der Waals surface area contributed by atoms with Crippen LogP contribution in [-0.2, 0) is 4.79 Å². The van der Waals surface area contributed by atoms with E-state index in [-0.39, 0.29) is 11.3 Å². The van der Waals surface area contributed by atoms with E-state index < -0.39 is 0 Å². The largest absolute Gasteiger partial charge is 0.494 e. The lowest BCUT2D eigenvalue weighted by molar-refractivity contribution is -0.140. The Bertz CT molecular complexity index is 826. The minimum absolute atomic E-state index is 0.154. The van der Waals surface area contributed by atoms with Crippen LogP contribution in [0, 0.1) is 23.2 Å². The van der Waals surface area contributed by atoms with Crippen LogP contribution in [0.1, 0.15) is 51.9 Å². The van der Waals surface area contributed by atoms with Crippen LogP contribution in [0.4, 0.5) is 5.13 Å². The van der Waals surface area contributed by atoms with Crippen molar-refractivity contribution in [3.8, 4) is 16.3 Å². The average molecular weight is 398 g/mol. The number of nitrogens with zero attached hydrogens (tertiary/aromatic N) is 2. The molecule has 4 aliphatic rings. The number of anilines is 1. The standard InChI is InChI=1S/C22H27N3O2S/c1-2-7-27-18-5-3-17(4-6-18)19-24-25-21(28-19)23-20(26)22-11-14-8-15(12-22)10-16(9-14)13-22/h3-6,14-16H,2,7-13H2,1H3,(H,23,25,26). The maximum atomic E-state index is 13.2. The van der Waals surface area contributed by atoms with Crippen LogP contribution < -0.4 is 10.1 Å². The predicted octanol–water partition coefficient (Wildman–Crippen LogP) is 5.15. The highest BCUT2D eigenvalue weighted by Crippen LogP contribution is 2.60. The Morgan fingerprint density at radius 3 is 2.36 bits per heavy atom. The number of aromatic nitrogens is 2. The molecule has 1 N–H and O–H groups in total. The minimum Gasteiger partial charge on any atom is -0.494 e. The fraction of sp³-hybridized carbons (Fsp3) is 0.591. The van der Waals surface area contributed by atoms with Gasteiger partial charge < -0.3 is 10.1 Å². The molecular formula is C22H27N3O2S. The van der Waals surface area contributed by atoms with Gasteiger partial charge in [0.05, 0.1) is 12.0 Å². The van der Waals surface area contributed by atoms with Crippen LogP contribution in [0.15, 0.2) is 24.3 Å². The van der Waals surface area contributed by atoms with E-state index in [4.69, 9.17) is 4.74 Å². The number of nitrogens with one attached hydrogen (secondary N) is 1. The number of ether oxygens (including phenoxy) is 1. The van der Waals surface area contributed by atoms with E-state index in [1.165, 1.54) is 30.6 Å². The summed E-state index contributed by atoms with van der Waals surface area (Å²) in [4.78, 5) is 13.2. The molecule has 6 rings (SSSR count). The molecule has 2 aromatic rings. The summed E-state index contributed by atoms with van der Waals surface area (Å²) in [5.41, 5.74) is 0.843. The Kier molecular flexibility index (Phi) is 4.62. The van der Waals surface area contributed by atoms with Crippen LogP contribution >= 0.6 is 11.3 Å². The van der Waals surface area contributed by atoms with Crippen molar-refractivity contribution in [2.45, 2.75) is 51.9 Å². The van der Waals surface area contributed by atoms with E-state index in [9.17, 15) is 4.79 Å². The number of amides is 1. The van der Waals surface area contributed by atoms with E-state index in [0.29, 0.717) is 5.13 Å². The number of hydrogen-bond acceptors (Lipinski definition) is 5. The van der Waals surface area contributed by atoms with Gasteiger partial charge in [-0.3, -0.25) is 4.79 Å². The smallest absolute Gasteiger partial charge is 0.232 e. The monoisotopic (exact) mass is 397 g/mol. The van der Waals surface area contributed by atoms with Gasteiger partial charge in [0.15, 0.2) is 0 Å². The third kappa shape index (κ3) is 3.32. The molecule has 0 aliphatic heterocycles. The molecule has 6 heteroatoms. The summed E-state index contributed by atoms with van der Waals surface area (Å²) in [6.07, 6.45) is 8.21. The molecule has 1 heterocycles. The first-order valence-corrected chi connectivity index (χ1v) is 11.3. The first-order chi connectivity index (χ1) is 13.6. The van der Waals surface area contributed by atoms with Gasteiger partial charge in [0, 0.05) is 5.56 Å². The van der Waals surface area contributed by atoms with E-state index >= 15 is 0 Å². The van der Waals surface area contributed by atoms with Gasteiger partial charge in [-0.25, -0.2) is 0 Å². The highest BCUT2D eigenvalue weighted by atomic mass is 32.1. The van der Waals surface area contributed by atoms with Gasteiger partial charge in [0.1, 0.15) is 10.8 Å². The third-order valence-corrected chi connectivity index (χ3v) is 7.63. The average Bonchev–Trinajstić information content (AvgIpc) is 3.14. The molecule has 0 radical (unpaired) electrons. The van der Waals surface area contributed by atoms with Crippen LogP contribution in [0.3, 0.4) is 0 Å². The van der Waals surface area contributed by atoms with Gasteiger partial charge in [-0.05, 0) is 87.0 Å². The number of carbonyl (C=O) groups excluding carboxylic acids is 1. The second-order valence-electron chi connectivity index (χ2n) is 8.94. The molecule has 1 aromatic carbocycles. The van der Waals surface area contributed by atoms with Crippen molar-refractivity contribution in [2.75, 3.05) is 11.9 Å². The van der Waals surface area contributed by atoms with Crippen molar-refractivity contribution >= 4 is 22.4 Å². The fourth-order valence-electron chi connectivity index (χ4n) is 5.92. The molecule has 28 heavy (non-hydrogen) atoms. The van der Waals surface area contributed by atoms with Crippen LogP contribution in [-0.4, -0.2) is 22.7 Å². The zero-order valence-electron chi connectivity index (χ0n) is 16.3. The summed E-state index contributed by atoms with van der Waals surface area (Å²) in [5.74, 6) is 3.32. The number of rotatable bonds is 6. The fourth-order valence-corrected chi connectivity index (χ4v) is 6.67. The molecule has 4 bridgehead atoms. The third-order valence-electron chi connectivity index (χ3n) is 6.74. The zero-order chi connectivity index (χ0) is 19.1. The van der Waals surface area contributed by atoms with Crippen molar-refractivity contribution in [1.82, 2.24) is 10.2 Å². The molecule has 0 atom stereocenters. The Labute approximate surface area is 169 Å². The minimum atomic E-state index is -0.154. The maximum Gasteiger partial charge on any atom is 0.232 e. The molecule has 0 spiro atoms. The molecule has 4 saturated carbocycles. The second-order valence-corrected chi connectivity index (χ2v) is 9.91. The molecule has 1 aromatic heterocycles. The van der Waals surface area contributed by atoms with Crippen molar-refractivity contribution in [2.24, 2.45) is 23.2 Å². The molecule has 4 aliphatic carbocycles. The Morgan fingerprint density at radius 2 is 1.75 bits per heavy atom. The topological polar surface area (TPSA) is 64.1 Å². The van der Waals surface area contributed by atoms with Crippen molar-refractivity contribution in [3.05, 3.63) is 24.3 Å². The predicted molar refractivity (Wildman–Crippen MR) is 110 cm³/mol. The molecule has 5 nitrogen and oxygen atoms in total. The molecule has 0 unspecified atom stereocenters. The van der Waals surface area contributed by atoms with Gasteiger partial charge in [-0.1, -0.05) is 18.3 Å². The Balaban J connectivity index is 1.27. The van der Waals surface area contributed by atoms with E-state index in [1.807, 2.05) is 24.3 Å². The summed E-state index contributed by atoms with van der Waals surface area (Å²) in [6, 6.07) is 7.91. The second kappa shape index (κ2) is 7.14. The van der Waals surface area contributed by atoms with Crippen molar-refractivity contribution in [3.63, 3.8) is 0 Å². The first-order valence-electron chi connectivity index (χ1n) is 10.5. The zero-order valence-corrected chi connectivity index (χ0v) is 17.1. The first kappa shape index (κ1) is 18.1. The highest BCUT2D eigenvalue weighted by Gasteiger charge is 2.54. The van der Waals surface area contributed by atoms with Crippen molar-refractivity contribution in [1.29, 1.82) is 0 Å². The molecule has 1 amide bonds. The molecule has 0 saturated heterocycles. The maximum absolute atomic E-state index is 13.2.